The minimum Gasteiger partial charge on any atom is -0.394 e. The summed E-state index contributed by atoms with van der Waals surface area (Å²) in [5.41, 5.74) is -1.55. The summed E-state index contributed by atoms with van der Waals surface area (Å²) in [4.78, 5) is 12.6. The van der Waals surface area contributed by atoms with Gasteiger partial charge in [-0.2, -0.15) is 0 Å². The zero-order valence-corrected chi connectivity index (χ0v) is 9.93. The molecule has 8 nitrogen and oxygen atoms in total. The average molecular weight is 268 g/mol. The van der Waals surface area contributed by atoms with Crippen LogP contribution in [0.2, 0.25) is 0 Å². The number of aliphatic hydroxyl groups is 3. The van der Waals surface area contributed by atoms with Crippen molar-refractivity contribution in [3.05, 3.63) is 0 Å². The Balaban J connectivity index is 2.98. The Bertz CT molecular complexity index is 383. The van der Waals surface area contributed by atoms with E-state index in [1.807, 2.05) is 0 Å². The highest BCUT2D eigenvalue weighted by molar-refractivity contribution is 7.89. The van der Waals surface area contributed by atoms with Crippen molar-refractivity contribution >= 4 is 15.9 Å². The van der Waals surface area contributed by atoms with Crippen LogP contribution in [0, 0.1) is 0 Å². The number of hydrogen-bond donors (Lipinski definition) is 4. The van der Waals surface area contributed by atoms with Gasteiger partial charge in [0.2, 0.25) is 15.9 Å². The first kappa shape index (κ1) is 14.3. The van der Waals surface area contributed by atoms with E-state index >= 15 is 0 Å². The highest BCUT2D eigenvalue weighted by Crippen LogP contribution is 2.25. The van der Waals surface area contributed by atoms with Crippen molar-refractivity contribution < 1.29 is 28.5 Å². The second kappa shape index (κ2) is 4.86. The molecule has 1 atom stereocenters. The molecule has 1 unspecified atom stereocenters. The molecule has 1 amide bonds. The molecule has 1 heterocycles. The third-order valence-corrected chi connectivity index (χ3v) is 4.25. The molecule has 1 aliphatic heterocycles. The van der Waals surface area contributed by atoms with E-state index < -0.39 is 46.5 Å². The molecule has 0 radical (unpaired) electrons. The van der Waals surface area contributed by atoms with E-state index in [1.165, 1.54) is 0 Å². The first-order valence-corrected chi connectivity index (χ1v) is 6.56. The van der Waals surface area contributed by atoms with Gasteiger partial charge in [-0.1, -0.05) is 0 Å². The number of sulfonamides is 1. The summed E-state index contributed by atoms with van der Waals surface area (Å²) in [5.74, 6) is -0.568. The van der Waals surface area contributed by atoms with E-state index in [1.54, 1.807) is 0 Å². The number of hydrogen-bond acceptors (Lipinski definition) is 6. The number of carbonyl (C=O) groups excluding carboxylic acids is 1. The molecule has 0 aromatic carbocycles. The minimum absolute atomic E-state index is 0.237. The molecule has 1 saturated heterocycles. The van der Waals surface area contributed by atoms with E-state index in [0.29, 0.717) is 0 Å². The van der Waals surface area contributed by atoms with Gasteiger partial charge in [-0.05, 0) is 0 Å². The molecule has 17 heavy (non-hydrogen) atoms. The van der Waals surface area contributed by atoms with Crippen LogP contribution in [0.25, 0.3) is 0 Å². The van der Waals surface area contributed by atoms with Gasteiger partial charge in [0, 0.05) is 13.0 Å². The number of amides is 1. The molecule has 0 aromatic rings. The number of nitrogens with two attached hydrogens (primary N) is 1. The van der Waals surface area contributed by atoms with Crippen LogP contribution in [0.3, 0.4) is 0 Å². The van der Waals surface area contributed by atoms with Crippen LogP contribution in [-0.2, 0) is 14.8 Å². The van der Waals surface area contributed by atoms with Gasteiger partial charge in [0.15, 0.2) is 0 Å². The van der Waals surface area contributed by atoms with Crippen molar-refractivity contribution in [2.75, 3.05) is 26.4 Å². The second-order valence-electron chi connectivity index (χ2n) is 4.12. The van der Waals surface area contributed by atoms with Gasteiger partial charge in [0.1, 0.15) is 10.8 Å². The molecule has 1 fully saturated rings. The lowest BCUT2D eigenvalue weighted by molar-refractivity contribution is -0.140. The molecule has 0 bridgehead atoms. The van der Waals surface area contributed by atoms with Crippen LogP contribution in [0.1, 0.15) is 6.42 Å². The third-order valence-electron chi connectivity index (χ3n) is 3.01. The van der Waals surface area contributed by atoms with Crippen LogP contribution >= 0.6 is 0 Å². The molecule has 0 aliphatic carbocycles. The van der Waals surface area contributed by atoms with Crippen molar-refractivity contribution in [1.29, 1.82) is 0 Å². The molecule has 1 aliphatic rings. The van der Waals surface area contributed by atoms with Gasteiger partial charge in [-0.25, -0.2) is 13.6 Å². The second-order valence-corrected chi connectivity index (χ2v) is 5.96. The standard InChI is InChI=1S/C8H16N2O6S/c9-17(15,16)6-1-7(14)10(2-6)8(3-11,4-12)5-13/h6,11-13H,1-5H2,(H2,9,15,16). The summed E-state index contributed by atoms with van der Waals surface area (Å²) >= 11 is 0. The molecule has 1 rings (SSSR count). The SMILES string of the molecule is NS(=O)(=O)C1CC(=O)N(C(CO)(CO)CO)C1. The first-order valence-electron chi connectivity index (χ1n) is 4.95. The molecule has 9 heteroatoms. The van der Waals surface area contributed by atoms with Crippen molar-refractivity contribution in [2.45, 2.75) is 17.2 Å². The Morgan fingerprint density at radius 1 is 1.29 bits per heavy atom. The highest BCUT2D eigenvalue weighted by atomic mass is 32.2. The Labute approximate surface area is 98.7 Å². The first-order chi connectivity index (χ1) is 7.80. The predicted molar refractivity (Wildman–Crippen MR) is 57.2 cm³/mol. The smallest absolute Gasteiger partial charge is 0.224 e. The summed E-state index contributed by atoms with van der Waals surface area (Å²) in [6.07, 6.45) is -0.305. The topological polar surface area (TPSA) is 141 Å². The minimum atomic E-state index is -3.86. The van der Waals surface area contributed by atoms with Crippen LogP contribution in [0.15, 0.2) is 0 Å². The van der Waals surface area contributed by atoms with E-state index in [0.717, 1.165) is 4.90 Å². The lowest BCUT2D eigenvalue weighted by Gasteiger charge is -2.37. The fraction of sp³-hybridized carbons (Fsp3) is 0.875. The van der Waals surface area contributed by atoms with E-state index in [9.17, 15) is 13.2 Å². The summed E-state index contributed by atoms with van der Waals surface area (Å²) < 4.78 is 22.3. The average Bonchev–Trinajstić information content (AvgIpc) is 2.65. The van der Waals surface area contributed by atoms with Crippen molar-refractivity contribution in [2.24, 2.45) is 5.14 Å². The molecule has 0 aromatic heterocycles. The largest absolute Gasteiger partial charge is 0.394 e. The fourth-order valence-electron chi connectivity index (χ4n) is 1.76. The van der Waals surface area contributed by atoms with Gasteiger partial charge < -0.3 is 20.2 Å². The lowest BCUT2D eigenvalue weighted by atomic mass is 10.0. The van der Waals surface area contributed by atoms with Crippen LogP contribution in [0.5, 0.6) is 0 Å². The molecular formula is C8H16N2O6S. The van der Waals surface area contributed by atoms with E-state index in [2.05, 4.69) is 0 Å². The summed E-state index contributed by atoms with van der Waals surface area (Å²) in [5, 5.41) is 31.3. The number of nitrogens with zero attached hydrogens (tertiary/aromatic N) is 1. The van der Waals surface area contributed by atoms with Crippen molar-refractivity contribution in [3.8, 4) is 0 Å². The van der Waals surface area contributed by atoms with E-state index in [-0.39, 0.29) is 13.0 Å². The van der Waals surface area contributed by atoms with Crippen LogP contribution < -0.4 is 5.14 Å². The zero-order valence-electron chi connectivity index (χ0n) is 9.11. The van der Waals surface area contributed by atoms with Crippen molar-refractivity contribution in [3.63, 3.8) is 0 Å². The molecule has 5 N–H and O–H groups in total. The normalized spacial score (nSPS) is 22.2. The molecule has 0 spiro atoms. The Hall–Kier alpha value is -0.740. The van der Waals surface area contributed by atoms with Crippen molar-refractivity contribution in [1.82, 2.24) is 4.90 Å². The maximum absolute atomic E-state index is 11.6. The molecule has 0 saturated carbocycles. The zero-order chi connectivity index (χ0) is 13.3. The van der Waals surface area contributed by atoms with E-state index in [4.69, 9.17) is 20.5 Å². The molecule has 100 valence electrons. The van der Waals surface area contributed by atoms with Gasteiger partial charge in [-0.3, -0.25) is 4.79 Å². The lowest BCUT2D eigenvalue weighted by Crippen LogP contribution is -2.58. The number of aliphatic hydroxyl groups excluding tert-OH is 3. The quantitative estimate of drug-likeness (QED) is 0.409. The maximum atomic E-state index is 11.6. The molecular weight excluding hydrogens is 252 g/mol. The van der Waals surface area contributed by atoms with Crippen LogP contribution in [0.4, 0.5) is 0 Å². The number of likely N-dealkylation sites (tertiary alicyclic amines) is 1. The maximum Gasteiger partial charge on any atom is 0.224 e. The Kier molecular flexibility index (Phi) is 4.10. The van der Waals surface area contributed by atoms with Gasteiger partial charge in [0.25, 0.3) is 0 Å². The summed E-state index contributed by atoms with van der Waals surface area (Å²) in [7, 11) is -3.86. The van der Waals surface area contributed by atoms with Gasteiger partial charge in [0.05, 0.1) is 19.8 Å². The Morgan fingerprint density at radius 2 is 1.76 bits per heavy atom. The van der Waals surface area contributed by atoms with Crippen LogP contribution in [-0.4, -0.2) is 71.7 Å². The predicted octanol–water partition coefficient (Wildman–Crippen LogP) is -3.41. The Morgan fingerprint density at radius 3 is 2.06 bits per heavy atom. The number of rotatable bonds is 5. The number of carbonyl (C=O) groups is 1. The highest BCUT2D eigenvalue weighted by Gasteiger charge is 2.46. The third kappa shape index (κ3) is 2.58. The summed E-state index contributed by atoms with van der Waals surface area (Å²) in [6, 6.07) is 0. The monoisotopic (exact) mass is 268 g/mol. The van der Waals surface area contributed by atoms with Gasteiger partial charge >= 0.3 is 0 Å². The fourth-order valence-corrected chi connectivity index (χ4v) is 2.49. The summed E-state index contributed by atoms with van der Waals surface area (Å²) in [6.45, 7) is -2.23. The number of primary sulfonamides is 1. The van der Waals surface area contributed by atoms with Gasteiger partial charge in [-0.15, -0.1) is 0 Å².